The van der Waals surface area contributed by atoms with E-state index < -0.39 is 48.1 Å². The average molecular weight is 493 g/mol. The number of carbonyl (C=O) groups is 1. The van der Waals surface area contributed by atoms with Gasteiger partial charge in [-0.3, -0.25) is 9.59 Å². The number of aromatic amines is 1. The van der Waals surface area contributed by atoms with Crippen molar-refractivity contribution in [3.8, 4) is 17.6 Å². The van der Waals surface area contributed by atoms with E-state index in [-0.39, 0.29) is 17.7 Å². The molecule has 182 valence electrons. The first-order valence-corrected chi connectivity index (χ1v) is 9.87. The normalized spacial score (nSPS) is 12.1. The molecular formula is C22H16F5N5O3. The number of amides is 1. The minimum absolute atomic E-state index is 0.0838. The van der Waals surface area contributed by atoms with Gasteiger partial charge in [0.1, 0.15) is 5.69 Å². The van der Waals surface area contributed by atoms with Gasteiger partial charge in [0.05, 0.1) is 24.4 Å². The summed E-state index contributed by atoms with van der Waals surface area (Å²) in [6.07, 6.45) is -4.67. The van der Waals surface area contributed by atoms with Crippen LogP contribution in [0.5, 0.6) is 5.75 Å². The van der Waals surface area contributed by atoms with Crippen molar-refractivity contribution < 1.29 is 31.9 Å². The van der Waals surface area contributed by atoms with Gasteiger partial charge >= 0.3 is 6.18 Å². The molecule has 0 saturated heterocycles. The van der Waals surface area contributed by atoms with Gasteiger partial charge in [0, 0.05) is 18.0 Å². The first-order chi connectivity index (χ1) is 16.5. The molecule has 1 unspecified atom stereocenters. The molecule has 0 aliphatic heterocycles. The van der Waals surface area contributed by atoms with Crippen molar-refractivity contribution >= 4 is 5.91 Å². The Kier molecular flexibility index (Phi) is 7.75. The van der Waals surface area contributed by atoms with Gasteiger partial charge in [-0.15, -0.1) is 0 Å². The van der Waals surface area contributed by atoms with E-state index in [2.05, 4.69) is 37.1 Å². The molecule has 1 atom stereocenters. The Labute approximate surface area is 194 Å². The number of aromatic hydroxyl groups is 1. The van der Waals surface area contributed by atoms with Crippen molar-refractivity contribution in [1.82, 2.24) is 25.3 Å². The highest BCUT2D eigenvalue weighted by Crippen LogP contribution is 2.26. The predicted octanol–water partition coefficient (Wildman–Crippen LogP) is 2.39. The first-order valence-electron chi connectivity index (χ1n) is 9.87. The number of benzene rings is 1. The summed E-state index contributed by atoms with van der Waals surface area (Å²) in [5.74, 6) is 1.19. The summed E-state index contributed by atoms with van der Waals surface area (Å²) < 4.78 is 62.6. The number of halogens is 5. The molecule has 0 bridgehead atoms. The molecule has 8 nitrogen and oxygen atoms in total. The van der Waals surface area contributed by atoms with Crippen molar-refractivity contribution in [2.45, 2.75) is 24.9 Å². The highest BCUT2D eigenvalue weighted by Gasteiger charge is 2.34. The van der Waals surface area contributed by atoms with Gasteiger partial charge in [-0.05, 0) is 24.1 Å². The van der Waals surface area contributed by atoms with Crippen LogP contribution in [0.2, 0.25) is 0 Å². The molecule has 0 aliphatic carbocycles. The smallest absolute Gasteiger partial charge is 0.451 e. The average Bonchev–Trinajstić information content (AvgIpc) is 2.82. The Balaban J connectivity index is 1.79. The molecule has 2 aromatic heterocycles. The van der Waals surface area contributed by atoms with Crippen LogP contribution >= 0.6 is 0 Å². The van der Waals surface area contributed by atoms with Crippen LogP contribution in [0, 0.1) is 11.8 Å². The maximum Gasteiger partial charge on any atom is 0.451 e. The molecule has 35 heavy (non-hydrogen) atoms. The van der Waals surface area contributed by atoms with Crippen molar-refractivity contribution in [2.24, 2.45) is 0 Å². The lowest BCUT2D eigenvalue weighted by Gasteiger charge is -2.17. The van der Waals surface area contributed by atoms with Crippen LogP contribution in [-0.2, 0) is 17.4 Å². The first kappa shape index (κ1) is 25.3. The lowest BCUT2D eigenvalue weighted by Crippen LogP contribution is -2.34. The zero-order chi connectivity index (χ0) is 25.6. The summed E-state index contributed by atoms with van der Waals surface area (Å²) in [6, 6.07) is 6.27. The fourth-order valence-electron chi connectivity index (χ4n) is 2.92. The van der Waals surface area contributed by atoms with Crippen LogP contribution in [-0.4, -0.2) is 43.9 Å². The molecule has 0 fully saturated rings. The maximum absolute atomic E-state index is 12.5. The van der Waals surface area contributed by atoms with Crippen LogP contribution in [0.15, 0.2) is 47.8 Å². The third-order valence-corrected chi connectivity index (χ3v) is 4.58. The van der Waals surface area contributed by atoms with Crippen molar-refractivity contribution in [3.05, 3.63) is 81.5 Å². The molecule has 3 N–H and O–H groups in total. The number of H-pyrrole nitrogens is 1. The number of hydrogen-bond acceptors (Lipinski definition) is 6. The van der Waals surface area contributed by atoms with E-state index in [4.69, 9.17) is 0 Å². The monoisotopic (exact) mass is 493 g/mol. The number of nitrogens with one attached hydrogen (secondary N) is 2. The van der Waals surface area contributed by atoms with Crippen molar-refractivity contribution in [3.63, 3.8) is 0 Å². The van der Waals surface area contributed by atoms with Crippen LogP contribution in [0.4, 0.5) is 22.0 Å². The van der Waals surface area contributed by atoms with E-state index in [0.29, 0.717) is 11.1 Å². The molecule has 2 heterocycles. The van der Waals surface area contributed by atoms with E-state index in [1.54, 1.807) is 24.3 Å². The highest BCUT2D eigenvalue weighted by molar-refractivity contribution is 5.84. The van der Waals surface area contributed by atoms with Gasteiger partial charge in [0.2, 0.25) is 17.5 Å². The van der Waals surface area contributed by atoms with Crippen LogP contribution < -0.4 is 10.9 Å². The quantitative estimate of drug-likeness (QED) is 0.358. The Morgan fingerprint density at radius 2 is 1.69 bits per heavy atom. The summed E-state index contributed by atoms with van der Waals surface area (Å²) in [5.41, 5.74) is 0.0106. The van der Waals surface area contributed by atoms with E-state index >= 15 is 0 Å². The van der Waals surface area contributed by atoms with Gasteiger partial charge < -0.3 is 15.4 Å². The molecular weight excluding hydrogens is 477 g/mol. The van der Waals surface area contributed by atoms with E-state index in [0.717, 1.165) is 18.7 Å². The second-order valence-electron chi connectivity index (χ2n) is 7.10. The van der Waals surface area contributed by atoms with E-state index in [1.807, 2.05) is 0 Å². The number of nitrogens with zero attached hydrogens (tertiary/aromatic N) is 3. The third kappa shape index (κ3) is 6.83. The van der Waals surface area contributed by atoms with Crippen molar-refractivity contribution in [1.29, 1.82) is 0 Å². The fraction of sp³-hybridized carbons (Fsp3) is 0.227. The topological polar surface area (TPSA) is 121 Å². The molecule has 0 saturated carbocycles. The zero-order valence-electron chi connectivity index (χ0n) is 17.6. The molecule has 0 radical (unpaired) electrons. The summed E-state index contributed by atoms with van der Waals surface area (Å²) in [7, 11) is 0. The molecule has 1 amide bonds. The summed E-state index contributed by atoms with van der Waals surface area (Å²) >= 11 is 0. The molecule has 3 aromatic rings. The van der Waals surface area contributed by atoms with Crippen molar-refractivity contribution in [2.75, 3.05) is 6.54 Å². The highest BCUT2D eigenvalue weighted by atomic mass is 19.4. The zero-order valence-corrected chi connectivity index (χ0v) is 17.6. The van der Waals surface area contributed by atoms with Gasteiger partial charge in [0.25, 0.3) is 12.0 Å². The third-order valence-electron chi connectivity index (χ3n) is 4.58. The molecule has 0 spiro atoms. The number of hydrogen-bond donors (Lipinski definition) is 3. The second-order valence-corrected chi connectivity index (χ2v) is 7.10. The van der Waals surface area contributed by atoms with Crippen LogP contribution in [0.1, 0.15) is 34.1 Å². The Morgan fingerprint density at radius 1 is 1.06 bits per heavy atom. The minimum atomic E-state index is -4.66. The van der Waals surface area contributed by atoms with Gasteiger partial charge in [-0.1, -0.05) is 24.0 Å². The lowest BCUT2D eigenvalue weighted by molar-refractivity contribution is -0.145. The van der Waals surface area contributed by atoms with Gasteiger partial charge in [-0.2, -0.15) is 13.2 Å². The fourth-order valence-corrected chi connectivity index (χ4v) is 2.92. The van der Waals surface area contributed by atoms with E-state index in [9.17, 15) is 36.6 Å². The summed E-state index contributed by atoms with van der Waals surface area (Å²) in [6.45, 7) is -0.915. The molecule has 0 aliphatic rings. The Morgan fingerprint density at radius 3 is 2.29 bits per heavy atom. The molecule has 3 rings (SSSR count). The summed E-state index contributed by atoms with van der Waals surface area (Å²) in [5, 5.41) is 12.1. The standard InChI is InChI=1S/C22H16F5N5O3/c23-16(24)10-28-19(34)15(17-18(33)20(35)32-11-31-17)7-13-4-1-12(2-5-13)3-6-14-8-29-21(30-9-14)22(25,26)27/h1-2,4-5,8-9,11,15-16,33H,7,10H2,(H,28,34)(H,31,32,35). The number of aromatic nitrogens is 4. The second kappa shape index (κ2) is 10.7. The number of rotatable bonds is 6. The van der Waals surface area contributed by atoms with Gasteiger partial charge in [0.15, 0.2) is 0 Å². The molecule has 13 heteroatoms. The van der Waals surface area contributed by atoms with Gasteiger partial charge in [-0.25, -0.2) is 23.7 Å². The maximum atomic E-state index is 12.5. The number of alkyl halides is 5. The molecule has 1 aromatic carbocycles. The Bertz CT molecular complexity index is 1300. The van der Waals surface area contributed by atoms with Crippen LogP contribution in [0.25, 0.3) is 0 Å². The number of carbonyl (C=O) groups excluding carboxylic acids is 1. The minimum Gasteiger partial charge on any atom is -0.502 e. The Hall–Kier alpha value is -4.34. The lowest BCUT2D eigenvalue weighted by atomic mass is 9.94. The predicted molar refractivity (Wildman–Crippen MR) is 111 cm³/mol. The SMILES string of the molecule is O=C(NCC(F)F)C(Cc1ccc(C#Cc2cnc(C(F)(F)F)nc2)cc1)c1nc[nH]c(=O)c1O. The summed E-state index contributed by atoms with van der Waals surface area (Å²) in [4.78, 5) is 36.6. The largest absolute Gasteiger partial charge is 0.502 e. The van der Waals surface area contributed by atoms with E-state index in [1.165, 1.54) is 0 Å². The van der Waals surface area contributed by atoms with Crippen LogP contribution in [0.3, 0.4) is 0 Å².